The van der Waals surface area contributed by atoms with E-state index in [1.807, 2.05) is 0 Å². The molecule has 1 aromatic heterocycles. The fourth-order valence-electron chi connectivity index (χ4n) is 3.05. The highest BCUT2D eigenvalue weighted by Gasteiger charge is 2.06. The Balaban J connectivity index is 1.63. The summed E-state index contributed by atoms with van der Waals surface area (Å²) in [5.41, 5.74) is 2.21. The van der Waals surface area contributed by atoms with Crippen LogP contribution in [0.25, 0.3) is 0 Å². The van der Waals surface area contributed by atoms with Crippen molar-refractivity contribution in [1.82, 2.24) is 15.0 Å². The van der Waals surface area contributed by atoms with Crippen LogP contribution in [0.5, 0.6) is 0 Å². The highest BCUT2D eigenvalue weighted by atomic mass is 16.4. The van der Waals surface area contributed by atoms with Crippen LogP contribution in [0.15, 0.2) is 87.8 Å². The summed E-state index contributed by atoms with van der Waals surface area (Å²) < 4.78 is 0. The van der Waals surface area contributed by atoms with E-state index in [1.54, 1.807) is 36.4 Å². The molecule has 12 heteroatoms. The van der Waals surface area contributed by atoms with Crippen molar-refractivity contribution >= 4 is 54.4 Å². The van der Waals surface area contributed by atoms with E-state index in [2.05, 4.69) is 29.9 Å². The van der Waals surface area contributed by atoms with E-state index in [0.717, 1.165) is 0 Å². The largest absolute Gasteiger partial charge is 0.478 e. The van der Waals surface area contributed by atoms with E-state index in [-0.39, 0.29) is 34.5 Å². The van der Waals surface area contributed by atoms with Crippen molar-refractivity contribution in [3.63, 3.8) is 0 Å². The Labute approximate surface area is 220 Å². The van der Waals surface area contributed by atoms with Gasteiger partial charge >= 0.3 is 17.9 Å². The smallest absolute Gasteiger partial charge is 0.335 e. The van der Waals surface area contributed by atoms with Crippen LogP contribution >= 0.6 is 0 Å². The van der Waals surface area contributed by atoms with E-state index < -0.39 is 17.9 Å². The Kier molecular flexibility index (Phi) is 7.97. The zero-order valence-electron chi connectivity index (χ0n) is 19.9. The molecule has 0 atom stereocenters. The minimum atomic E-state index is -1.05. The summed E-state index contributed by atoms with van der Waals surface area (Å²) in [6, 6.07) is 18.1. The van der Waals surface area contributed by atoms with Gasteiger partial charge in [-0.2, -0.15) is 15.0 Å². The first-order valence-corrected chi connectivity index (χ1v) is 11.2. The van der Waals surface area contributed by atoms with E-state index in [1.165, 1.54) is 55.0 Å². The van der Waals surface area contributed by atoms with Crippen LogP contribution in [-0.4, -0.2) is 66.8 Å². The molecular weight excluding hydrogens is 504 g/mol. The lowest BCUT2D eigenvalue weighted by molar-refractivity contribution is 0.0686. The predicted octanol–water partition coefficient (Wildman–Crippen LogP) is 4.22. The standard InChI is InChI=1S/C27H18N6O6/c34-22(35)19-7-1-16(2-8-19)13-28-25-31-26(29-14-17-3-9-20(10-4-17)23(36)37)33-27(32-25)30-15-18-5-11-21(12-6-18)24(38)39/h1-15H,(H,34,35)(H,36,37)(H,38,39)/b28-13+,29-14+,30-15+. The maximum Gasteiger partial charge on any atom is 0.335 e. The van der Waals surface area contributed by atoms with Crippen LogP contribution in [-0.2, 0) is 0 Å². The molecule has 4 rings (SSSR count). The first-order chi connectivity index (χ1) is 18.8. The second-order valence-electron chi connectivity index (χ2n) is 7.79. The monoisotopic (exact) mass is 522 g/mol. The number of aromatic nitrogens is 3. The number of hydrogen-bond donors (Lipinski definition) is 3. The lowest BCUT2D eigenvalue weighted by atomic mass is 10.1. The fraction of sp³-hybridized carbons (Fsp3) is 0. The molecule has 0 aliphatic rings. The molecule has 4 aromatic rings. The average molecular weight is 522 g/mol. The van der Waals surface area contributed by atoms with Crippen molar-refractivity contribution in [2.45, 2.75) is 0 Å². The molecule has 39 heavy (non-hydrogen) atoms. The van der Waals surface area contributed by atoms with Gasteiger partial charge in [0.05, 0.1) is 16.7 Å². The van der Waals surface area contributed by atoms with Gasteiger partial charge in [-0.1, -0.05) is 36.4 Å². The molecule has 0 radical (unpaired) electrons. The lowest BCUT2D eigenvalue weighted by Crippen LogP contribution is -1.96. The Morgan fingerprint density at radius 2 is 0.692 bits per heavy atom. The zero-order valence-corrected chi connectivity index (χ0v) is 19.9. The number of benzene rings is 3. The minimum Gasteiger partial charge on any atom is -0.478 e. The van der Waals surface area contributed by atoms with Gasteiger partial charge in [0, 0.05) is 18.6 Å². The number of rotatable bonds is 9. The second-order valence-corrected chi connectivity index (χ2v) is 7.79. The SMILES string of the molecule is O=C(O)c1ccc(/C=N/c2nc(/N=C/c3ccc(C(=O)O)cc3)nc(/N=C/c3ccc(C(=O)O)cc3)n2)cc1. The molecule has 192 valence electrons. The zero-order chi connectivity index (χ0) is 27.8. The first kappa shape index (κ1) is 26.2. The van der Waals surface area contributed by atoms with Crippen LogP contribution in [0.3, 0.4) is 0 Å². The minimum absolute atomic E-state index is 0.0194. The van der Waals surface area contributed by atoms with Gasteiger partial charge in [0.15, 0.2) is 0 Å². The van der Waals surface area contributed by atoms with Crippen LogP contribution in [0, 0.1) is 0 Å². The molecule has 3 aromatic carbocycles. The third kappa shape index (κ3) is 7.30. The molecule has 12 nitrogen and oxygen atoms in total. The summed E-state index contributed by atoms with van der Waals surface area (Å²) in [4.78, 5) is 58.4. The van der Waals surface area contributed by atoms with E-state index in [0.29, 0.717) is 16.7 Å². The van der Waals surface area contributed by atoms with Gasteiger partial charge in [0.1, 0.15) is 0 Å². The molecule has 0 aliphatic heterocycles. The number of carbonyl (C=O) groups is 3. The number of carboxylic acid groups (broad SMARTS) is 3. The molecule has 0 fully saturated rings. The summed E-state index contributed by atoms with van der Waals surface area (Å²) in [6.07, 6.45) is 4.33. The molecule has 0 saturated carbocycles. The number of aromatic carboxylic acids is 3. The quantitative estimate of drug-likeness (QED) is 0.270. The molecule has 0 amide bonds. The van der Waals surface area contributed by atoms with Gasteiger partial charge in [-0.3, -0.25) is 0 Å². The van der Waals surface area contributed by atoms with E-state index in [4.69, 9.17) is 15.3 Å². The van der Waals surface area contributed by atoms with Crippen molar-refractivity contribution in [1.29, 1.82) is 0 Å². The third-order valence-corrected chi connectivity index (χ3v) is 5.06. The maximum absolute atomic E-state index is 11.0. The van der Waals surface area contributed by atoms with Crippen LogP contribution < -0.4 is 0 Å². The van der Waals surface area contributed by atoms with Crippen molar-refractivity contribution < 1.29 is 29.7 Å². The average Bonchev–Trinajstić information content (AvgIpc) is 2.94. The summed E-state index contributed by atoms with van der Waals surface area (Å²) in [5, 5.41) is 27.1. The highest BCUT2D eigenvalue weighted by Crippen LogP contribution is 2.17. The van der Waals surface area contributed by atoms with Gasteiger partial charge in [-0.25, -0.2) is 29.4 Å². The molecule has 0 bridgehead atoms. The lowest BCUT2D eigenvalue weighted by Gasteiger charge is -2.00. The van der Waals surface area contributed by atoms with Gasteiger partial charge in [-0.05, 0) is 53.1 Å². The van der Waals surface area contributed by atoms with Crippen molar-refractivity contribution in [2.24, 2.45) is 15.0 Å². The highest BCUT2D eigenvalue weighted by molar-refractivity contribution is 5.91. The number of carboxylic acids is 3. The van der Waals surface area contributed by atoms with Crippen molar-refractivity contribution in [2.75, 3.05) is 0 Å². The van der Waals surface area contributed by atoms with E-state index in [9.17, 15) is 14.4 Å². The molecule has 3 N–H and O–H groups in total. The topological polar surface area (TPSA) is 188 Å². The second kappa shape index (κ2) is 11.9. The first-order valence-electron chi connectivity index (χ1n) is 11.2. The third-order valence-electron chi connectivity index (χ3n) is 5.06. The molecular formula is C27H18N6O6. The summed E-state index contributed by atoms with van der Waals surface area (Å²) in [5.74, 6) is -3.19. The molecule has 1 heterocycles. The van der Waals surface area contributed by atoms with Crippen LogP contribution in [0.4, 0.5) is 17.8 Å². The van der Waals surface area contributed by atoms with Crippen molar-refractivity contribution in [3.05, 3.63) is 106 Å². The number of nitrogens with zero attached hydrogens (tertiary/aromatic N) is 6. The summed E-state index contributed by atoms with van der Waals surface area (Å²) in [7, 11) is 0. The molecule has 0 spiro atoms. The normalized spacial score (nSPS) is 11.4. The Morgan fingerprint density at radius 3 is 0.897 bits per heavy atom. The van der Waals surface area contributed by atoms with Gasteiger partial charge in [0.25, 0.3) is 17.8 Å². The number of aliphatic imine (C=N–C) groups is 3. The van der Waals surface area contributed by atoms with Crippen LogP contribution in [0.2, 0.25) is 0 Å². The van der Waals surface area contributed by atoms with Crippen LogP contribution in [0.1, 0.15) is 47.8 Å². The van der Waals surface area contributed by atoms with E-state index >= 15 is 0 Å². The molecule has 0 unspecified atom stereocenters. The van der Waals surface area contributed by atoms with Crippen molar-refractivity contribution in [3.8, 4) is 0 Å². The fourth-order valence-corrected chi connectivity index (χ4v) is 3.05. The Bertz CT molecular complexity index is 1410. The van der Waals surface area contributed by atoms with Gasteiger partial charge in [0.2, 0.25) is 0 Å². The molecule has 0 aliphatic carbocycles. The van der Waals surface area contributed by atoms with Gasteiger partial charge in [-0.15, -0.1) is 0 Å². The molecule has 0 saturated heterocycles. The Hall–Kier alpha value is -5.91. The Morgan fingerprint density at radius 1 is 0.462 bits per heavy atom. The summed E-state index contributed by atoms with van der Waals surface area (Å²) in [6.45, 7) is 0. The maximum atomic E-state index is 11.0. The predicted molar refractivity (Wildman–Crippen MR) is 142 cm³/mol. The number of hydrogen-bond acceptors (Lipinski definition) is 9. The summed E-state index contributed by atoms with van der Waals surface area (Å²) >= 11 is 0. The van der Waals surface area contributed by atoms with Gasteiger partial charge < -0.3 is 15.3 Å².